The van der Waals surface area contributed by atoms with Crippen LogP contribution < -0.4 is 15.8 Å². The number of benzene rings is 2. The molecule has 238 valence electrons. The Morgan fingerprint density at radius 1 is 1.09 bits per heavy atom. The van der Waals surface area contributed by atoms with E-state index in [1.54, 1.807) is 19.1 Å². The minimum absolute atomic E-state index is 0.0178. The average molecular weight is 660 g/mol. The van der Waals surface area contributed by atoms with Crippen LogP contribution in [0, 0.1) is 19.7 Å². The summed E-state index contributed by atoms with van der Waals surface area (Å²) >= 11 is 1.29. The number of pyridine rings is 1. The molecule has 0 bridgehead atoms. The summed E-state index contributed by atoms with van der Waals surface area (Å²) in [6.45, 7) is 7.37. The van der Waals surface area contributed by atoms with Crippen molar-refractivity contribution in [2.75, 3.05) is 5.73 Å². The normalized spacial score (nSPS) is 11.5. The van der Waals surface area contributed by atoms with Crippen molar-refractivity contribution in [3.05, 3.63) is 103 Å². The molecule has 3 N–H and O–H groups in total. The van der Waals surface area contributed by atoms with Gasteiger partial charge in [0.1, 0.15) is 5.82 Å². The van der Waals surface area contributed by atoms with E-state index in [9.17, 15) is 18.0 Å². The molecule has 0 saturated heterocycles. The highest BCUT2D eigenvalue weighted by Gasteiger charge is 2.32. The molecule has 0 fully saturated rings. The number of thiophene rings is 1. The zero-order chi connectivity index (χ0) is 33.5. The molecule has 6 rings (SSSR count). The highest BCUT2D eigenvalue weighted by atomic mass is 32.1. The van der Waals surface area contributed by atoms with Crippen molar-refractivity contribution in [1.82, 2.24) is 30.0 Å². The van der Waals surface area contributed by atoms with Crippen molar-refractivity contribution in [3.63, 3.8) is 0 Å². The summed E-state index contributed by atoms with van der Waals surface area (Å²) in [5.74, 6) is -1.00. The zero-order valence-electron chi connectivity index (χ0n) is 24.9. The number of alkyl halides is 3. The Morgan fingerprint density at radius 2 is 1.89 bits per heavy atom. The van der Waals surface area contributed by atoms with Crippen LogP contribution in [-0.4, -0.2) is 30.6 Å². The van der Waals surface area contributed by atoms with E-state index in [4.69, 9.17) is 10.5 Å². The van der Waals surface area contributed by atoms with Crippen LogP contribution in [0.4, 0.5) is 23.4 Å². The number of hydrogen-bond donors (Lipinski definition) is 2. The summed E-state index contributed by atoms with van der Waals surface area (Å²) in [5, 5.41) is 6.67. The summed E-state index contributed by atoms with van der Waals surface area (Å²) in [6.07, 6.45) is 1.36. The second-order valence-corrected chi connectivity index (χ2v) is 11.5. The lowest BCUT2D eigenvalue weighted by molar-refractivity contribution is -0.212. The lowest BCUT2D eigenvalue weighted by atomic mass is 9.95. The third-order valence-electron chi connectivity index (χ3n) is 7.28. The molecule has 14 heteroatoms. The standard InChI is InChI=1S/C33H25F4N7O2S/c1-4-26(45)40-13-19-5-7-22(17(2)11-19)29-27(20-6-8-25(24(34)12-20)46-32-39-10-9-18(3)43-32)28-30(47-29)23(15-41-31(28)38)21-14-42-44(16-21)33(35,36)37/h4-12,14-16H,1,13H2,2-3H3,(H2,38,41)(H,40,45). The van der Waals surface area contributed by atoms with E-state index in [2.05, 4.69) is 31.9 Å². The highest BCUT2D eigenvalue weighted by molar-refractivity contribution is 7.23. The predicted octanol–water partition coefficient (Wildman–Crippen LogP) is 7.69. The van der Waals surface area contributed by atoms with Gasteiger partial charge in [0.15, 0.2) is 11.6 Å². The molecular formula is C33H25F4N7O2S. The van der Waals surface area contributed by atoms with Crippen LogP contribution in [0.15, 0.2) is 79.9 Å². The molecule has 0 radical (unpaired) electrons. The maximum Gasteiger partial charge on any atom is 0.504 e. The van der Waals surface area contributed by atoms with E-state index in [-0.39, 0.29) is 40.3 Å². The van der Waals surface area contributed by atoms with Crippen LogP contribution in [0.5, 0.6) is 11.8 Å². The first kappa shape index (κ1) is 31.4. The predicted molar refractivity (Wildman–Crippen MR) is 171 cm³/mol. The Hall–Kier alpha value is -5.63. The first-order chi connectivity index (χ1) is 22.4. The monoisotopic (exact) mass is 659 g/mol. The number of fused-ring (bicyclic) bond motifs is 1. The van der Waals surface area contributed by atoms with Gasteiger partial charge >= 0.3 is 12.3 Å². The summed E-state index contributed by atoms with van der Waals surface area (Å²) in [6, 6.07) is 11.7. The van der Waals surface area contributed by atoms with Gasteiger partial charge in [-0.05, 0) is 60.4 Å². The Kier molecular flexibility index (Phi) is 8.20. The van der Waals surface area contributed by atoms with Gasteiger partial charge in [-0.3, -0.25) is 4.79 Å². The average Bonchev–Trinajstić information content (AvgIpc) is 3.68. The number of nitrogen functional groups attached to an aromatic ring is 1. The quantitative estimate of drug-likeness (QED) is 0.127. The molecule has 0 aliphatic rings. The number of aromatic nitrogens is 5. The SMILES string of the molecule is C=CC(=O)NCc1ccc(-c2sc3c(-c4cnn(C(F)(F)F)c4)cnc(N)c3c2-c2ccc(Oc3nccc(C)n3)c(F)c2)c(C)c1. The van der Waals surface area contributed by atoms with Crippen LogP contribution in [0.1, 0.15) is 16.8 Å². The Morgan fingerprint density at radius 3 is 2.57 bits per heavy atom. The number of nitrogens with two attached hydrogens (primary N) is 1. The first-order valence-electron chi connectivity index (χ1n) is 14.0. The fraction of sp³-hybridized carbons (Fsp3) is 0.121. The van der Waals surface area contributed by atoms with E-state index in [1.807, 2.05) is 25.1 Å². The van der Waals surface area contributed by atoms with Gasteiger partial charge in [0, 0.05) is 62.5 Å². The maximum atomic E-state index is 15.7. The Bertz CT molecular complexity index is 2170. The van der Waals surface area contributed by atoms with Crippen molar-refractivity contribution in [2.45, 2.75) is 26.7 Å². The number of aryl methyl sites for hydroxylation is 2. The van der Waals surface area contributed by atoms with Crippen molar-refractivity contribution in [1.29, 1.82) is 0 Å². The van der Waals surface area contributed by atoms with Gasteiger partial charge in [-0.25, -0.2) is 19.3 Å². The number of carbonyl (C=O) groups excluding carboxylic acids is 1. The number of anilines is 1. The van der Waals surface area contributed by atoms with E-state index in [0.717, 1.165) is 29.1 Å². The van der Waals surface area contributed by atoms with E-state index < -0.39 is 12.1 Å². The maximum absolute atomic E-state index is 15.7. The summed E-state index contributed by atoms with van der Waals surface area (Å²) in [5.41, 5.74) is 11.0. The Labute approximate surface area is 269 Å². The van der Waals surface area contributed by atoms with Crippen LogP contribution >= 0.6 is 11.3 Å². The molecule has 1 amide bonds. The van der Waals surface area contributed by atoms with Gasteiger partial charge in [-0.15, -0.1) is 24.5 Å². The summed E-state index contributed by atoms with van der Waals surface area (Å²) in [7, 11) is 0. The van der Waals surface area contributed by atoms with Gasteiger partial charge in [0.05, 0.1) is 6.20 Å². The molecule has 4 aromatic heterocycles. The summed E-state index contributed by atoms with van der Waals surface area (Å²) < 4.78 is 62.0. The van der Waals surface area contributed by atoms with Gasteiger partial charge in [0.25, 0.3) is 0 Å². The van der Waals surface area contributed by atoms with E-state index >= 15 is 4.39 Å². The molecule has 0 atom stereocenters. The van der Waals surface area contributed by atoms with Gasteiger partial charge in [-0.1, -0.05) is 30.8 Å². The van der Waals surface area contributed by atoms with E-state index in [1.165, 1.54) is 41.9 Å². The van der Waals surface area contributed by atoms with Crippen LogP contribution in [0.2, 0.25) is 0 Å². The lowest BCUT2D eigenvalue weighted by Gasteiger charge is -2.12. The molecule has 9 nitrogen and oxygen atoms in total. The minimum atomic E-state index is -4.71. The molecule has 47 heavy (non-hydrogen) atoms. The van der Waals surface area contributed by atoms with Crippen molar-refractivity contribution < 1.29 is 27.1 Å². The second kappa shape index (κ2) is 12.3. The van der Waals surface area contributed by atoms with Crippen molar-refractivity contribution in [2.24, 2.45) is 0 Å². The number of rotatable bonds is 8. The molecule has 2 aromatic carbocycles. The number of ether oxygens (including phenoxy) is 1. The number of halogens is 4. The topological polar surface area (TPSA) is 121 Å². The molecule has 0 aliphatic heterocycles. The van der Waals surface area contributed by atoms with Crippen LogP contribution in [-0.2, 0) is 17.6 Å². The fourth-order valence-electron chi connectivity index (χ4n) is 5.06. The number of nitrogens with zero attached hydrogens (tertiary/aromatic N) is 5. The lowest BCUT2D eigenvalue weighted by Crippen LogP contribution is -2.19. The largest absolute Gasteiger partial charge is 0.504 e. The first-order valence-corrected chi connectivity index (χ1v) is 14.9. The molecule has 0 saturated carbocycles. The van der Waals surface area contributed by atoms with Crippen LogP contribution in [0.25, 0.3) is 42.8 Å². The van der Waals surface area contributed by atoms with Gasteiger partial charge in [0.2, 0.25) is 5.91 Å². The van der Waals surface area contributed by atoms with Gasteiger partial charge < -0.3 is 15.8 Å². The molecular weight excluding hydrogens is 634 g/mol. The number of hydrogen-bond acceptors (Lipinski definition) is 8. The van der Waals surface area contributed by atoms with Gasteiger partial charge in [-0.2, -0.15) is 9.78 Å². The van der Waals surface area contributed by atoms with Crippen molar-refractivity contribution in [3.8, 4) is 44.5 Å². The fourth-order valence-corrected chi connectivity index (χ4v) is 6.51. The van der Waals surface area contributed by atoms with Crippen LogP contribution in [0.3, 0.4) is 0 Å². The number of nitrogens with one attached hydrogen (secondary N) is 1. The second-order valence-electron chi connectivity index (χ2n) is 10.5. The molecule has 0 spiro atoms. The molecule has 6 aromatic rings. The van der Waals surface area contributed by atoms with Crippen molar-refractivity contribution >= 4 is 33.1 Å². The molecule has 0 aliphatic carbocycles. The molecule has 4 heterocycles. The Balaban J connectivity index is 1.53. The zero-order valence-corrected chi connectivity index (χ0v) is 25.7. The highest BCUT2D eigenvalue weighted by Crippen LogP contribution is 2.50. The smallest absolute Gasteiger partial charge is 0.421 e. The number of amides is 1. The minimum Gasteiger partial charge on any atom is -0.421 e. The third-order valence-corrected chi connectivity index (χ3v) is 8.53. The summed E-state index contributed by atoms with van der Waals surface area (Å²) in [4.78, 5) is 24.9. The third kappa shape index (κ3) is 6.27. The van der Waals surface area contributed by atoms with E-state index in [0.29, 0.717) is 37.3 Å². The molecule has 0 unspecified atom stereocenters. The number of carbonyl (C=O) groups is 1.